The number of ether oxygens (including phenoxy) is 1. The zero-order valence-electron chi connectivity index (χ0n) is 8.28. The fourth-order valence-electron chi connectivity index (χ4n) is 1.17. The van der Waals surface area contributed by atoms with Gasteiger partial charge in [0.2, 0.25) is 0 Å². The van der Waals surface area contributed by atoms with Crippen LogP contribution in [0, 0.1) is 0 Å². The van der Waals surface area contributed by atoms with E-state index in [0.717, 1.165) is 0 Å². The van der Waals surface area contributed by atoms with Crippen molar-refractivity contribution in [1.82, 2.24) is 0 Å². The van der Waals surface area contributed by atoms with Crippen molar-refractivity contribution in [3.8, 4) is 5.75 Å². The Morgan fingerprint density at radius 2 is 2.20 bits per heavy atom. The number of hydrogen-bond donors (Lipinski definition) is 2. The molecule has 0 aliphatic heterocycles. The fourth-order valence-corrected chi connectivity index (χ4v) is 1.17. The van der Waals surface area contributed by atoms with Crippen LogP contribution in [-0.4, -0.2) is 24.7 Å². The average molecular weight is 217 g/mol. The summed E-state index contributed by atoms with van der Waals surface area (Å²) in [6.45, 7) is -0.897. The lowest BCUT2D eigenvalue weighted by atomic mass is 10.0. The van der Waals surface area contributed by atoms with E-state index in [1.165, 1.54) is 25.3 Å². The molecular formula is C10H13F2NO2. The molecule has 0 heterocycles. The highest BCUT2D eigenvalue weighted by Crippen LogP contribution is 2.31. The Morgan fingerprint density at radius 3 is 2.73 bits per heavy atom. The zero-order valence-corrected chi connectivity index (χ0v) is 8.28. The Hall–Kier alpha value is -1.20. The summed E-state index contributed by atoms with van der Waals surface area (Å²) in [6.07, 6.45) is -1.91. The quantitative estimate of drug-likeness (QED) is 0.799. The number of halogens is 2. The number of alkyl halides is 2. The second-order valence-corrected chi connectivity index (χ2v) is 3.14. The van der Waals surface area contributed by atoms with E-state index >= 15 is 0 Å². The Morgan fingerprint density at radius 1 is 1.53 bits per heavy atom. The Bertz CT molecular complexity index is 331. The van der Waals surface area contributed by atoms with E-state index in [-0.39, 0.29) is 5.56 Å². The first kappa shape index (κ1) is 11.9. The molecule has 3 N–H and O–H groups in total. The molecule has 1 aromatic rings. The van der Waals surface area contributed by atoms with Crippen molar-refractivity contribution in [2.24, 2.45) is 5.73 Å². The van der Waals surface area contributed by atoms with Crippen molar-refractivity contribution >= 4 is 0 Å². The number of nitrogens with two attached hydrogens (primary N) is 1. The third-order valence-electron chi connectivity index (χ3n) is 2.08. The molecule has 1 unspecified atom stereocenters. The van der Waals surface area contributed by atoms with Crippen LogP contribution in [0.4, 0.5) is 8.78 Å². The van der Waals surface area contributed by atoms with Gasteiger partial charge in [-0.1, -0.05) is 12.1 Å². The second-order valence-electron chi connectivity index (χ2n) is 3.14. The molecule has 0 bridgehead atoms. The summed E-state index contributed by atoms with van der Waals surface area (Å²) in [7, 11) is 1.42. The van der Waals surface area contributed by atoms with Crippen LogP contribution in [0.3, 0.4) is 0 Å². The SMILES string of the molecule is COc1cccc(C(O)C(F)(F)CN)c1. The summed E-state index contributed by atoms with van der Waals surface area (Å²) in [5.41, 5.74) is 4.96. The van der Waals surface area contributed by atoms with Crippen molar-refractivity contribution in [3.63, 3.8) is 0 Å². The van der Waals surface area contributed by atoms with Gasteiger partial charge < -0.3 is 15.6 Å². The van der Waals surface area contributed by atoms with E-state index in [0.29, 0.717) is 5.75 Å². The third-order valence-corrected chi connectivity index (χ3v) is 2.08. The minimum absolute atomic E-state index is 0.0878. The number of benzene rings is 1. The van der Waals surface area contributed by atoms with E-state index < -0.39 is 18.6 Å². The topological polar surface area (TPSA) is 55.5 Å². The summed E-state index contributed by atoms with van der Waals surface area (Å²) in [4.78, 5) is 0. The van der Waals surface area contributed by atoms with Gasteiger partial charge in [0, 0.05) is 0 Å². The maximum atomic E-state index is 13.1. The molecule has 84 valence electrons. The van der Waals surface area contributed by atoms with Crippen LogP contribution in [0.15, 0.2) is 24.3 Å². The summed E-state index contributed by atoms with van der Waals surface area (Å²) in [6, 6.07) is 5.89. The normalized spacial score (nSPS) is 13.7. The highest BCUT2D eigenvalue weighted by atomic mass is 19.3. The van der Waals surface area contributed by atoms with Crippen molar-refractivity contribution in [1.29, 1.82) is 0 Å². The first-order valence-electron chi connectivity index (χ1n) is 4.41. The average Bonchev–Trinajstić information content (AvgIpc) is 2.28. The zero-order chi connectivity index (χ0) is 11.5. The number of hydrogen-bond acceptors (Lipinski definition) is 3. The maximum Gasteiger partial charge on any atom is 0.289 e. The van der Waals surface area contributed by atoms with Crippen molar-refractivity contribution in [3.05, 3.63) is 29.8 Å². The minimum Gasteiger partial charge on any atom is -0.497 e. The van der Waals surface area contributed by atoms with Gasteiger partial charge in [-0.05, 0) is 17.7 Å². The number of aliphatic hydroxyl groups is 1. The number of rotatable bonds is 4. The Balaban J connectivity index is 2.95. The van der Waals surface area contributed by atoms with Gasteiger partial charge in [0.25, 0.3) is 5.92 Å². The molecule has 0 saturated carbocycles. The van der Waals surface area contributed by atoms with E-state index in [9.17, 15) is 13.9 Å². The molecule has 0 saturated heterocycles. The Labute approximate surface area is 86.5 Å². The van der Waals surface area contributed by atoms with Gasteiger partial charge in [0.15, 0.2) is 0 Å². The summed E-state index contributed by atoms with van der Waals surface area (Å²) >= 11 is 0. The molecule has 15 heavy (non-hydrogen) atoms. The van der Waals surface area contributed by atoms with Crippen LogP contribution in [0.25, 0.3) is 0 Å². The number of methoxy groups -OCH3 is 1. The predicted molar refractivity (Wildman–Crippen MR) is 52.0 cm³/mol. The summed E-state index contributed by atoms with van der Waals surface area (Å²) < 4.78 is 31.0. The van der Waals surface area contributed by atoms with Crippen LogP contribution in [-0.2, 0) is 0 Å². The van der Waals surface area contributed by atoms with Gasteiger partial charge >= 0.3 is 0 Å². The molecule has 0 aromatic heterocycles. The van der Waals surface area contributed by atoms with Gasteiger partial charge in [0.05, 0.1) is 13.7 Å². The van der Waals surface area contributed by atoms with E-state index in [4.69, 9.17) is 10.5 Å². The Kier molecular flexibility index (Phi) is 3.60. The maximum absolute atomic E-state index is 13.1. The van der Waals surface area contributed by atoms with Gasteiger partial charge in [-0.25, -0.2) is 8.78 Å². The molecule has 0 aliphatic rings. The number of aliphatic hydroxyl groups excluding tert-OH is 1. The fraction of sp³-hybridized carbons (Fsp3) is 0.400. The van der Waals surface area contributed by atoms with Gasteiger partial charge in [0.1, 0.15) is 11.9 Å². The molecule has 0 spiro atoms. The van der Waals surface area contributed by atoms with Crippen LogP contribution in [0.1, 0.15) is 11.7 Å². The molecule has 1 aromatic carbocycles. The second kappa shape index (κ2) is 4.55. The van der Waals surface area contributed by atoms with Crippen molar-refractivity contribution in [2.75, 3.05) is 13.7 Å². The highest BCUT2D eigenvalue weighted by Gasteiger charge is 2.37. The van der Waals surface area contributed by atoms with Crippen LogP contribution < -0.4 is 10.5 Å². The molecule has 5 heteroatoms. The van der Waals surface area contributed by atoms with Crippen LogP contribution >= 0.6 is 0 Å². The lowest BCUT2D eigenvalue weighted by Gasteiger charge is -2.21. The molecule has 0 fully saturated rings. The molecule has 1 atom stereocenters. The van der Waals surface area contributed by atoms with Crippen LogP contribution in [0.5, 0.6) is 5.75 Å². The van der Waals surface area contributed by atoms with E-state index in [1.807, 2.05) is 0 Å². The standard InChI is InChI=1S/C10H13F2NO2/c1-15-8-4-2-3-7(5-8)9(14)10(11,12)6-13/h2-5,9,14H,6,13H2,1H3. The van der Waals surface area contributed by atoms with E-state index in [1.54, 1.807) is 6.07 Å². The van der Waals surface area contributed by atoms with Gasteiger partial charge in [-0.2, -0.15) is 0 Å². The van der Waals surface area contributed by atoms with Gasteiger partial charge in [-0.15, -0.1) is 0 Å². The first-order valence-corrected chi connectivity index (χ1v) is 4.41. The highest BCUT2D eigenvalue weighted by molar-refractivity contribution is 5.30. The molecular weight excluding hydrogens is 204 g/mol. The minimum atomic E-state index is -3.33. The molecule has 0 aliphatic carbocycles. The smallest absolute Gasteiger partial charge is 0.289 e. The molecule has 0 radical (unpaired) electrons. The van der Waals surface area contributed by atoms with E-state index in [2.05, 4.69) is 0 Å². The lowest BCUT2D eigenvalue weighted by molar-refractivity contribution is -0.102. The van der Waals surface area contributed by atoms with Gasteiger partial charge in [-0.3, -0.25) is 0 Å². The summed E-state index contributed by atoms with van der Waals surface area (Å²) in [5, 5.41) is 9.38. The first-order chi connectivity index (χ1) is 7.01. The largest absolute Gasteiger partial charge is 0.497 e. The molecule has 1 rings (SSSR count). The lowest BCUT2D eigenvalue weighted by Crippen LogP contribution is -2.34. The van der Waals surface area contributed by atoms with Crippen LogP contribution in [0.2, 0.25) is 0 Å². The van der Waals surface area contributed by atoms with Crippen molar-refractivity contribution < 1.29 is 18.6 Å². The molecule has 3 nitrogen and oxygen atoms in total. The monoisotopic (exact) mass is 217 g/mol. The molecule has 0 amide bonds. The van der Waals surface area contributed by atoms with Crippen molar-refractivity contribution in [2.45, 2.75) is 12.0 Å². The third kappa shape index (κ3) is 2.64. The predicted octanol–water partition coefficient (Wildman–Crippen LogP) is 1.32. The summed E-state index contributed by atoms with van der Waals surface area (Å²) in [5.74, 6) is -2.91.